The first-order chi connectivity index (χ1) is 9.69. The molecule has 0 saturated heterocycles. The van der Waals surface area contributed by atoms with E-state index >= 15 is 0 Å². The van der Waals surface area contributed by atoms with Crippen LogP contribution in [0, 0.1) is 17.8 Å². The van der Waals surface area contributed by atoms with Crippen molar-refractivity contribution in [3.8, 4) is 0 Å². The lowest BCUT2D eigenvalue weighted by atomic mass is 9.95. The SMILES string of the molecule is CC(C)C(CNC(=O)OC(C)(C)C)CNC1CCCC1C. The minimum Gasteiger partial charge on any atom is -0.444 e. The van der Waals surface area contributed by atoms with Gasteiger partial charge in [0.05, 0.1) is 0 Å². The van der Waals surface area contributed by atoms with Gasteiger partial charge in [-0.3, -0.25) is 0 Å². The van der Waals surface area contributed by atoms with Gasteiger partial charge in [0.25, 0.3) is 0 Å². The summed E-state index contributed by atoms with van der Waals surface area (Å²) in [6, 6.07) is 0.646. The van der Waals surface area contributed by atoms with Crippen molar-refractivity contribution in [2.75, 3.05) is 13.1 Å². The number of nitrogens with one attached hydrogen (secondary N) is 2. The summed E-state index contributed by atoms with van der Waals surface area (Å²) in [5.41, 5.74) is -0.436. The molecule has 0 aliphatic heterocycles. The quantitative estimate of drug-likeness (QED) is 0.788. The van der Waals surface area contributed by atoms with Gasteiger partial charge in [-0.05, 0) is 51.4 Å². The summed E-state index contributed by atoms with van der Waals surface area (Å²) < 4.78 is 5.29. The standard InChI is InChI=1S/C17H34N2O2/c1-12(2)14(10-18-15-9-7-8-13(15)3)11-19-16(20)21-17(4,5)6/h12-15,18H,7-11H2,1-6H3,(H,19,20). The van der Waals surface area contributed by atoms with Crippen LogP contribution in [-0.2, 0) is 4.74 Å². The number of hydrogen-bond acceptors (Lipinski definition) is 3. The fourth-order valence-corrected chi connectivity index (χ4v) is 2.82. The largest absolute Gasteiger partial charge is 0.444 e. The zero-order chi connectivity index (χ0) is 16.0. The van der Waals surface area contributed by atoms with Crippen molar-refractivity contribution in [2.45, 2.75) is 72.4 Å². The molecule has 1 amide bonds. The Bertz CT molecular complexity index is 323. The van der Waals surface area contributed by atoms with Crippen molar-refractivity contribution >= 4 is 6.09 Å². The van der Waals surface area contributed by atoms with Gasteiger partial charge >= 0.3 is 6.09 Å². The van der Waals surface area contributed by atoms with E-state index in [0.29, 0.717) is 24.4 Å². The summed E-state index contributed by atoms with van der Waals surface area (Å²) in [5, 5.41) is 6.60. The van der Waals surface area contributed by atoms with Crippen LogP contribution in [0.3, 0.4) is 0 Å². The first-order valence-electron chi connectivity index (χ1n) is 8.39. The predicted molar refractivity (Wildman–Crippen MR) is 87.4 cm³/mol. The van der Waals surface area contributed by atoms with Gasteiger partial charge in [-0.25, -0.2) is 4.79 Å². The highest BCUT2D eigenvalue weighted by Crippen LogP contribution is 2.25. The van der Waals surface area contributed by atoms with E-state index in [4.69, 9.17) is 4.74 Å². The molecule has 0 aromatic carbocycles. The highest BCUT2D eigenvalue weighted by atomic mass is 16.6. The van der Waals surface area contributed by atoms with Crippen molar-refractivity contribution in [3.63, 3.8) is 0 Å². The molecule has 124 valence electrons. The fourth-order valence-electron chi connectivity index (χ4n) is 2.82. The molecule has 0 heterocycles. The van der Waals surface area contributed by atoms with E-state index in [-0.39, 0.29) is 6.09 Å². The van der Waals surface area contributed by atoms with E-state index in [9.17, 15) is 4.79 Å². The van der Waals surface area contributed by atoms with E-state index in [1.165, 1.54) is 19.3 Å². The second kappa shape index (κ2) is 8.02. The van der Waals surface area contributed by atoms with Crippen LogP contribution in [0.25, 0.3) is 0 Å². The number of hydrogen-bond donors (Lipinski definition) is 2. The van der Waals surface area contributed by atoms with Crippen LogP contribution in [0.1, 0.15) is 60.8 Å². The highest BCUT2D eigenvalue weighted by Gasteiger charge is 2.25. The molecule has 0 bridgehead atoms. The number of ether oxygens (including phenoxy) is 1. The first kappa shape index (κ1) is 18.3. The van der Waals surface area contributed by atoms with Crippen LogP contribution >= 0.6 is 0 Å². The second-order valence-electron chi connectivity index (χ2n) is 7.81. The third-order valence-electron chi connectivity index (χ3n) is 4.35. The molecule has 3 unspecified atom stereocenters. The Kier molecular flexibility index (Phi) is 6.98. The lowest BCUT2D eigenvalue weighted by molar-refractivity contribution is 0.0514. The monoisotopic (exact) mass is 298 g/mol. The van der Waals surface area contributed by atoms with Crippen LogP contribution < -0.4 is 10.6 Å². The Morgan fingerprint density at radius 1 is 1.24 bits per heavy atom. The minimum absolute atomic E-state index is 0.317. The van der Waals surface area contributed by atoms with E-state index in [2.05, 4.69) is 31.4 Å². The number of rotatable bonds is 6. The Morgan fingerprint density at radius 3 is 2.38 bits per heavy atom. The van der Waals surface area contributed by atoms with Gasteiger partial charge in [-0.1, -0.05) is 27.2 Å². The molecule has 2 N–H and O–H groups in total. The smallest absolute Gasteiger partial charge is 0.407 e. The summed E-state index contributed by atoms with van der Waals surface area (Å²) in [5.74, 6) is 1.74. The van der Waals surface area contributed by atoms with Crippen molar-refractivity contribution in [1.29, 1.82) is 0 Å². The van der Waals surface area contributed by atoms with E-state index < -0.39 is 5.60 Å². The maximum Gasteiger partial charge on any atom is 0.407 e. The van der Waals surface area contributed by atoms with Crippen LogP contribution in [-0.4, -0.2) is 30.8 Å². The topological polar surface area (TPSA) is 50.4 Å². The Hall–Kier alpha value is -0.770. The van der Waals surface area contributed by atoms with Gasteiger partial charge in [-0.15, -0.1) is 0 Å². The minimum atomic E-state index is -0.436. The summed E-state index contributed by atoms with van der Waals surface area (Å²) in [6.45, 7) is 14.0. The summed E-state index contributed by atoms with van der Waals surface area (Å²) in [6.07, 6.45) is 3.63. The predicted octanol–water partition coefficient (Wildman–Crippen LogP) is 3.56. The third-order valence-corrected chi connectivity index (χ3v) is 4.35. The Morgan fingerprint density at radius 2 is 1.90 bits per heavy atom. The second-order valence-corrected chi connectivity index (χ2v) is 7.81. The van der Waals surface area contributed by atoms with Crippen molar-refractivity contribution in [3.05, 3.63) is 0 Å². The molecular weight excluding hydrogens is 264 g/mol. The van der Waals surface area contributed by atoms with Gasteiger partial charge in [0.15, 0.2) is 0 Å². The fraction of sp³-hybridized carbons (Fsp3) is 0.941. The maximum absolute atomic E-state index is 11.7. The molecule has 3 atom stereocenters. The zero-order valence-electron chi connectivity index (χ0n) is 14.7. The van der Waals surface area contributed by atoms with Gasteiger partial charge < -0.3 is 15.4 Å². The number of carbonyl (C=O) groups excluding carboxylic acids is 1. The molecule has 1 aliphatic rings. The number of alkyl carbamates (subject to hydrolysis) is 1. The molecule has 1 rings (SSSR count). The molecular formula is C17H34N2O2. The van der Waals surface area contributed by atoms with Gasteiger partial charge in [0, 0.05) is 19.1 Å². The molecule has 0 radical (unpaired) electrons. The third kappa shape index (κ3) is 7.16. The molecule has 21 heavy (non-hydrogen) atoms. The lowest BCUT2D eigenvalue weighted by Gasteiger charge is -2.26. The average molecular weight is 298 g/mol. The van der Waals surface area contributed by atoms with E-state index in [1.807, 2.05) is 20.8 Å². The van der Waals surface area contributed by atoms with Crippen molar-refractivity contribution in [1.82, 2.24) is 10.6 Å². The molecule has 1 saturated carbocycles. The normalized spacial score (nSPS) is 24.1. The molecule has 4 heteroatoms. The number of carbonyl (C=O) groups is 1. The molecule has 1 aliphatic carbocycles. The van der Waals surface area contributed by atoms with Crippen LogP contribution in [0.4, 0.5) is 4.79 Å². The van der Waals surface area contributed by atoms with Crippen LogP contribution in [0.5, 0.6) is 0 Å². The van der Waals surface area contributed by atoms with Gasteiger partial charge in [0.2, 0.25) is 0 Å². The van der Waals surface area contributed by atoms with Crippen molar-refractivity contribution < 1.29 is 9.53 Å². The van der Waals surface area contributed by atoms with E-state index in [0.717, 1.165) is 12.5 Å². The maximum atomic E-state index is 11.7. The molecule has 0 aromatic rings. The molecule has 0 aromatic heterocycles. The van der Waals surface area contributed by atoms with E-state index in [1.54, 1.807) is 0 Å². The molecule has 0 spiro atoms. The first-order valence-corrected chi connectivity index (χ1v) is 8.39. The molecule has 1 fully saturated rings. The van der Waals surface area contributed by atoms with Crippen molar-refractivity contribution in [2.24, 2.45) is 17.8 Å². The summed E-state index contributed by atoms with van der Waals surface area (Å²) in [7, 11) is 0. The molecule has 4 nitrogen and oxygen atoms in total. The Balaban J connectivity index is 2.34. The zero-order valence-corrected chi connectivity index (χ0v) is 14.7. The highest BCUT2D eigenvalue weighted by molar-refractivity contribution is 5.67. The number of amides is 1. The average Bonchev–Trinajstić information content (AvgIpc) is 2.72. The van der Waals surface area contributed by atoms with Gasteiger partial charge in [0.1, 0.15) is 5.60 Å². The van der Waals surface area contributed by atoms with Gasteiger partial charge in [-0.2, -0.15) is 0 Å². The summed E-state index contributed by atoms with van der Waals surface area (Å²) in [4.78, 5) is 11.7. The Labute approximate surface area is 130 Å². The lowest BCUT2D eigenvalue weighted by Crippen LogP contribution is -2.42. The van der Waals surface area contributed by atoms with Crippen LogP contribution in [0.2, 0.25) is 0 Å². The van der Waals surface area contributed by atoms with Crippen LogP contribution in [0.15, 0.2) is 0 Å². The summed E-state index contributed by atoms with van der Waals surface area (Å²) >= 11 is 0.